The maximum atomic E-state index is 14.1. The van der Waals surface area contributed by atoms with E-state index in [9.17, 15) is 9.18 Å². The summed E-state index contributed by atoms with van der Waals surface area (Å²) in [5.41, 5.74) is 2.03. The molecule has 3 heterocycles. The van der Waals surface area contributed by atoms with E-state index in [0.717, 1.165) is 56.7 Å². The van der Waals surface area contributed by atoms with Gasteiger partial charge in [0, 0.05) is 24.0 Å². The van der Waals surface area contributed by atoms with Crippen LogP contribution in [-0.2, 0) is 13.1 Å². The zero-order valence-electron chi connectivity index (χ0n) is 16.5. The van der Waals surface area contributed by atoms with Crippen LogP contribution in [0.3, 0.4) is 0 Å². The van der Waals surface area contributed by atoms with Crippen LogP contribution in [-0.4, -0.2) is 49.2 Å². The van der Waals surface area contributed by atoms with E-state index in [1.807, 2.05) is 11.6 Å². The summed E-state index contributed by atoms with van der Waals surface area (Å²) in [6, 6.07) is 5.34. The van der Waals surface area contributed by atoms with Crippen molar-refractivity contribution >= 4 is 16.8 Å². The van der Waals surface area contributed by atoms with Crippen LogP contribution in [0, 0.1) is 12.7 Å². The molecular formula is C21H25FN6O. The summed E-state index contributed by atoms with van der Waals surface area (Å²) in [6.45, 7) is 4.54. The summed E-state index contributed by atoms with van der Waals surface area (Å²) in [7, 11) is 0. The van der Waals surface area contributed by atoms with E-state index < -0.39 is 0 Å². The average molecular weight is 396 g/mol. The molecule has 0 unspecified atom stereocenters. The summed E-state index contributed by atoms with van der Waals surface area (Å²) in [5.74, 6) is 0.540. The van der Waals surface area contributed by atoms with Gasteiger partial charge in [0.15, 0.2) is 0 Å². The Morgan fingerprint density at radius 3 is 3.07 bits per heavy atom. The fraction of sp³-hybridized carbons (Fsp3) is 0.476. The van der Waals surface area contributed by atoms with Crippen molar-refractivity contribution in [2.75, 3.05) is 6.54 Å². The molecule has 1 saturated carbocycles. The van der Waals surface area contributed by atoms with Crippen LogP contribution < -0.4 is 5.32 Å². The van der Waals surface area contributed by atoms with Gasteiger partial charge in [0.25, 0.3) is 5.91 Å². The fourth-order valence-corrected chi connectivity index (χ4v) is 4.73. The molecule has 152 valence electrons. The summed E-state index contributed by atoms with van der Waals surface area (Å²) < 4.78 is 16.0. The Kier molecular flexibility index (Phi) is 4.58. The molecule has 2 aromatic heterocycles. The van der Waals surface area contributed by atoms with Gasteiger partial charge in [0.1, 0.15) is 23.7 Å². The van der Waals surface area contributed by atoms with Crippen molar-refractivity contribution in [1.29, 1.82) is 0 Å². The molecule has 0 radical (unpaired) electrons. The van der Waals surface area contributed by atoms with E-state index in [-0.39, 0.29) is 17.8 Å². The summed E-state index contributed by atoms with van der Waals surface area (Å²) >= 11 is 0. The van der Waals surface area contributed by atoms with E-state index in [1.165, 1.54) is 6.07 Å². The predicted molar refractivity (Wildman–Crippen MR) is 107 cm³/mol. The third kappa shape index (κ3) is 3.42. The van der Waals surface area contributed by atoms with E-state index in [1.54, 1.807) is 18.5 Å². The van der Waals surface area contributed by atoms with Crippen molar-refractivity contribution in [3.63, 3.8) is 0 Å². The van der Waals surface area contributed by atoms with Crippen molar-refractivity contribution in [2.24, 2.45) is 0 Å². The number of nitrogens with zero attached hydrogens (tertiary/aromatic N) is 4. The lowest BCUT2D eigenvalue weighted by Crippen LogP contribution is -2.48. The second-order valence-corrected chi connectivity index (χ2v) is 8.20. The molecule has 2 N–H and O–H groups in total. The number of rotatable bonds is 3. The second-order valence-electron chi connectivity index (χ2n) is 8.20. The molecule has 1 amide bonds. The van der Waals surface area contributed by atoms with Crippen LogP contribution >= 0.6 is 0 Å². The number of benzene rings is 1. The van der Waals surface area contributed by atoms with Crippen LogP contribution in [0.5, 0.6) is 0 Å². The normalized spacial score (nSPS) is 22.6. The van der Waals surface area contributed by atoms with E-state index in [2.05, 4.69) is 25.3 Å². The van der Waals surface area contributed by atoms with Gasteiger partial charge in [-0.3, -0.25) is 9.69 Å². The summed E-state index contributed by atoms with van der Waals surface area (Å²) in [5, 5.41) is 7.88. The molecule has 1 fully saturated rings. The van der Waals surface area contributed by atoms with Gasteiger partial charge in [-0.05, 0) is 50.3 Å². The Balaban J connectivity index is 1.26. The number of hydrogen-bond acceptors (Lipinski definition) is 4. The van der Waals surface area contributed by atoms with E-state index >= 15 is 0 Å². The first kappa shape index (κ1) is 18.3. The Morgan fingerprint density at radius 2 is 2.21 bits per heavy atom. The smallest absolute Gasteiger partial charge is 0.267 e. The first-order chi connectivity index (χ1) is 14.1. The number of fused-ring (bicyclic) bond motifs is 2. The number of aryl methyl sites for hydroxylation is 1. The molecule has 0 bridgehead atoms. The zero-order valence-corrected chi connectivity index (χ0v) is 16.5. The number of carbonyl (C=O) groups excluding carboxylic acids is 1. The molecular weight excluding hydrogens is 371 g/mol. The first-order valence-corrected chi connectivity index (χ1v) is 10.3. The SMILES string of the molecule is Cc1ccc(F)c2cc(C(=O)N[C@@H]3CCC[C@@H](N4CCn5ncnc5C4)C3)[nH]c12. The topological polar surface area (TPSA) is 78.8 Å². The molecule has 8 heteroatoms. The van der Waals surface area contributed by atoms with Gasteiger partial charge in [-0.25, -0.2) is 14.1 Å². The standard InChI is InChI=1S/C21H25FN6O/c1-13-5-6-17(22)16-10-18(26-20(13)16)21(29)25-14-3-2-4-15(9-14)27-7-8-28-19(11-27)23-12-24-28/h5-6,10,12,14-15,26H,2-4,7-9,11H2,1H3,(H,25,29)/t14-,15-/m1/s1. The minimum atomic E-state index is -0.309. The van der Waals surface area contributed by atoms with Gasteiger partial charge in [-0.1, -0.05) is 6.07 Å². The minimum Gasteiger partial charge on any atom is -0.350 e. The first-order valence-electron chi connectivity index (χ1n) is 10.3. The number of H-pyrrole nitrogens is 1. The predicted octanol–water partition coefficient (Wildman–Crippen LogP) is 2.76. The van der Waals surface area contributed by atoms with Crippen LogP contribution in [0.15, 0.2) is 24.5 Å². The van der Waals surface area contributed by atoms with Crippen LogP contribution in [0.1, 0.15) is 47.6 Å². The van der Waals surface area contributed by atoms with Crippen LogP contribution in [0.25, 0.3) is 10.9 Å². The number of hydrogen-bond donors (Lipinski definition) is 2. The van der Waals surface area contributed by atoms with Crippen molar-refractivity contribution in [2.45, 2.75) is 57.8 Å². The maximum Gasteiger partial charge on any atom is 0.267 e. The average Bonchev–Trinajstić information content (AvgIpc) is 3.38. The van der Waals surface area contributed by atoms with Gasteiger partial charge >= 0.3 is 0 Å². The van der Waals surface area contributed by atoms with Gasteiger partial charge in [0.05, 0.1) is 18.6 Å². The highest BCUT2D eigenvalue weighted by Crippen LogP contribution is 2.27. The van der Waals surface area contributed by atoms with Gasteiger partial charge < -0.3 is 10.3 Å². The number of carbonyl (C=O) groups is 1. The number of amides is 1. The Hall–Kier alpha value is -2.74. The third-order valence-corrected chi connectivity index (χ3v) is 6.33. The molecule has 1 aliphatic carbocycles. The highest BCUT2D eigenvalue weighted by molar-refractivity contribution is 5.99. The monoisotopic (exact) mass is 396 g/mol. The number of halogens is 1. The van der Waals surface area contributed by atoms with Gasteiger partial charge in [-0.15, -0.1) is 0 Å². The quantitative estimate of drug-likeness (QED) is 0.714. The zero-order chi connectivity index (χ0) is 20.0. The number of aromatic nitrogens is 4. The highest BCUT2D eigenvalue weighted by Gasteiger charge is 2.30. The van der Waals surface area contributed by atoms with Crippen molar-refractivity contribution in [3.05, 3.63) is 47.4 Å². The third-order valence-electron chi connectivity index (χ3n) is 6.33. The molecule has 3 aromatic rings. The van der Waals surface area contributed by atoms with E-state index in [4.69, 9.17) is 0 Å². The molecule has 1 aliphatic heterocycles. The largest absolute Gasteiger partial charge is 0.350 e. The molecule has 0 spiro atoms. The summed E-state index contributed by atoms with van der Waals surface area (Å²) in [6.07, 6.45) is 5.73. The number of nitrogens with one attached hydrogen (secondary N) is 2. The Labute approximate surface area is 168 Å². The fourth-order valence-electron chi connectivity index (χ4n) is 4.73. The Morgan fingerprint density at radius 1 is 1.31 bits per heavy atom. The highest BCUT2D eigenvalue weighted by atomic mass is 19.1. The Bertz CT molecular complexity index is 1020. The lowest BCUT2D eigenvalue weighted by Gasteiger charge is -2.39. The van der Waals surface area contributed by atoms with Crippen molar-refractivity contribution in [1.82, 2.24) is 30.0 Å². The van der Waals surface area contributed by atoms with Crippen LogP contribution in [0.4, 0.5) is 4.39 Å². The molecule has 0 saturated heterocycles. The van der Waals surface area contributed by atoms with Gasteiger partial charge in [0.2, 0.25) is 0 Å². The van der Waals surface area contributed by atoms with Crippen molar-refractivity contribution in [3.8, 4) is 0 Å². The number of aromatic amines is 1. The van der Waals surface area contributed by atoms with Crippen molar-refractivity contribution < 1.29 is 9.18 Å². The lowest BCUT2D eigenvalue weighted by molar-refractivity contribution is 0.0844. The minimum absolute atomic E-state index is 0.124. The molecule has 29 heavy (non-hydrogen) atoms. The molecule has 5 rings (SSSR count). The van der Waals surface area contributed by atoms with E-state index in [0.29, 0.717) is 22.6 Å². The lowest BCUT2D eigenvalue weighted by atomic mass is 9.89. The molecule has 1 aromatic carbocycles. The second kappa shape index (κ2) is 7.26. The van der Waals surface area contributed by atoms with Gasteiger partial charge in [-0.2, -0.15) is 5.10 Å². The summed E-state index contributed by atoms with van der Waals surface area (Å²) in [4.78, 5) is 22.7. The molecule has 2 aliphatic rings. The molecule has 7 nitrogen and oxygen atoms in total. The van der Waals surface area contributed by atoms with Crippen LogP contribution in [0.2, 0.25) is 0 Å². The maximum absolute atomic E-state index is 14.1. The molecule has 2 atom stereocenters.